The van der Waals surface area contributed by atoms with Crippen LogP contribution in [0, 0.1) is 68.0 Å². The predicted octanol–water partition coefficient (Wildman–Crippen LogP) is 9.25. The van der Waals surface area contributed by atoms with Crippen molar-refractivity contribution >= 4 is 86.2 Å². The lowest BCUT2D eigenvalue weighted by atomic mass is 10.00. The molecule has 0 aliphatic carbocycles. The first-order valence-corrected chi connectivity index (χ1v) is 27.8. The molecule has 9 aromatic rings. The molecule has 3 aliphatic heterocycles. The van der Waals surface area contributed by atoms with E-state index in [-0.39, 0.29) is 0 Å². The molecule has 0 unspecified atom stereocenters. The second-order valence-corrected chi connectivity index (χ2v) is 25.9. The lowest BCUT2D eigenvalue weighted by Crippen LogP contribution is -2.53. The lowest BCUT2D eigenvalue weighted by Gasteiger charge is -2.49. The lowest BCUT2D eigenvalue weighted by molar-refractivity contribution is 0.592. The minimum atomic E-state index is -4.25. The molecule has 0 atom stereocenters. The Bertz CT molecular complexity index is 3800. The monoisotopic (exact) mass is 989 g/mol. The highest BCUT2D eigenvalue weighted by molar-refractivity contribution is 7.90. The van der Waals surface area contributed by atoms with E-state index in [9.17, 15) is 31.6 Å². The van der Waals surface area contributed by atoms with E-state index in [1.54, 1.807) is 146 Å². The summed E-state index contributed by atoms with van der Waals surface area (Å²) in [7, 11) is -12.8. The van der Waals surface area contributed by atoms with Gasteiger partial charge in [-0.15, -0.1) is 0 Å². The third kappa shape index (κ3) is 6.42. The first-order chi connectivity index (χ1) is 35.5. The fourth-order valence-corrected chi connectivity index (χ4v) is 19.9. The molecule has 0 radical (unpaired) electrons. The van der Waals surface area contributed by atoms with Crippen LogP contribution in [0.2, 0.25) is 0 Å². The molecular weight excluding hydrogens is 960 g/mol. The fraction of sp³-hybridized carbons (Fsp3) is 0. The molecule has 73 heavy (non-hydrogen) atoms. The summed E-state index contributed by atoms with van der Waals surface area (Å²) in [5, 5.41) is 62.5. The second-order valence-electron chi connectivity index (χ2n) is 17.8. The number of anilines is 3. The fourth-order valence-electron chi connectivity index (χ4n) is 10.4. The molecule has 3 heterocycles. The zero-order valence-electron chi connectivity index (χ0n) is 38.0. The molecule has 12 rings (SSSR count). The van der Waals surface area contributed by atoms with Gasteiger partial charge in [0.05, 0.1) is 86.9 Å². The van der Waals surface area contributed by atoms with Crippen molar-refractivity contribution in [2.45, 2.75) is 0 Å². The smallest absolute Gasteiger partial charge is 0.175 e. The Kier molecular flexibility index (Phi) is 10.1. The van der Waals surface area contributed by atoms with E-state index in [1.165, 1.54) is 0 Å². The quantitative estimate of drug-likeness (QED) is 0.145. The SMILES string of the molecule is N#Cc1ccc(-c2cc3c4c(c2)P(=O)(c2ccc(C#N)cc2)c2cc(-c5ccc(C#N)cc5)cc5c2N4c2c(cc(-c4ccc(C#N)cc4)cc2P5(=O)c2ccc(C#N)cc2)P3(=O)c2ccc(C#N)cc2)cc1. The Morgan fingerprint density at radius 3 is 0.616 bits per heavy atom. The highest BCUT2D eigenvalue weighted by atomic mass is 31.2. The van der Waals surface area contributed by atoms with Gasteiger partial charge >= 0.3 is 0 Å². The van der Waals surface area contributed by atoms with Gasteiger partial charge in [0, 0.05) is 47.7 Å². The highest BCUT2D eigenvalue weighted by Crippen LogP contribution is 2.66. The molecule has 9 aromatic carbocycles. The first-order valence-electron chi connectivity index (χ1n) is 22.7. The minimum absolute atomic E-state index is 0.334. The van der Waals surface area contributed by atoms with Gasteiger partial charge in [0.25, 0.3) is 0 Å². The van der Waals surface area contributed by atoms with Gasteiger partial charge in [0.2, 0.25) is 0 Å². The molecule has 0 spiro atoms. The summed E-state index contributed by atoms with van der Waals surface area (Å²) in [5.74, 6) is 0. The van der Waals surface area contributed by atoms with Crippen molar-refractivity contribution < 1.29 is 13.7 Å². The van der Waals surface area contributed by atoms with Crippen LogP contribution in [0.3, 0.4) is 0 Å². The van der Waals surface area contributed by atoms with E-state index in [0.717, 1.165) is 0 Å². The average molecular weight is 990 g/mol. The first kappa shape index (κ1) is 44.6. The molecule has 13 heteroatoms. The van der Waals surface area contributed by atoms with Gasteiger partial charge in [-0.2, -0.15) is 31.6 Å². The summed E-state index contributed by atoms with van der Waals surface area (Å²) in [6.45, 7) is 0. The van der Waals surface area contributed by atoms with Gasteiger partial charge in [-0.05, 0) is 179 Å². The molecule has 3 aliphatic rings. The predicted molar refractivity (Wildman–Crippen MR) is 285 cm³/mol. The van der Waals surface area contributed by atoms with Crippen LogP contribution in [-0.4, -0.2) is 0 Å². The second kappa shape index (κ2) is 16.5. The maximum absolute atomic E-state index is 17.7. The van der Waals surface area contributed by atoms with E-state index in [2.05, 4.69) is 36.4 Å². The Hall–Kier alpha value is -9.59. The number of benzene rings is 9. The van der Waals surface area contributed by atoms with E-state index in [0.29, 0.717) is 132 Å². The molecule has 10 nitrogen and oxygen atoms in total. The summed E-state index contributed by atoms with van der Waals surface area (Å²) in [5.41, 5.74) is 7.01. The Morgan fingerprint density at radius 1 is 0.260 bits per heavy atom. The Balaban J connectivity index is 1.32. The Morgan fingerprint density at radius 2 is 0.438 bits per heavy atom. The minimum Gasteiger partial charge on any atom is -0.308 e. The number of rotatable bonds is 6. The zero-order valence-corrected chi connectivity index (χ0v) is 40.7. The van der Waals surface area contributed by atoms with Crippen molar-refractivity contribution in [1.82, 2.24) is 0 Å². The third-order valence-corrected chi connectivity index (χ3v) is 23.2. The van der Waals surface area contributed by atoms with Gasteiger partial charge in [0.15, 0.2) is 21.4 Å². The largest absolute Gasteiger partial charge is 0.308 e. The van der Waals surface area contributed by atoms with Crippen LogP contribution in [0.25, 0.3) is 33.4 Å². The van der Waals surface area contributed by atoms with Gasteiger partial charge in [-0.3, -0.25) is 0 Å². The molecule has 0 N–H and O–H groups in total. The Labute approximate surface area is 419 Å². The molecule has 0 saturated carbocycles. The topological polar surface area (TPSA) is 197 Å². The van der Waals surface area contributed by atoms with Crippen LogP contribution < -0.4 is 52.6 Å². The van der Waals surface area contributed by atoms with Crippen molar-refractivity contribution in [3.05, 3.63) is 215 Å². The van der Waals surface area contributed by atoms with Crippen molar-refractivity contribution in [1.29, 1.82) is 31.6 Å². The zero-order chi connectivity index (χ0) is 50.4. The molecule has 0 fully saturated rings. The summed E-state index contributed by atoms with van der Waals surface area (Å²) < 4.78 is 53.0. The molecule has 0 amide bonds. The number of hydrogen-bond acceptors (Lipinski definition) is 10. The third-order valence-electron chi connectivity index (χ3n) is 14.0. The molecule has 0 saturated heterocycles. The maximum Gasteiger partial charge on any atom is 0.175 e. The average Bonchev–Trinajstić information content (AvgIpc) is 3.47. The summed E-state index contributed by atoms with van der Waals surface area (Å²) in [6, 6.07) is 64.7. The van der Waals surface area contributed by atoms with Crippen molar-refractivity contribution in [2.24, 2.45) is 0 Å². The van der Waals surface area contributed by atoms with Gasteiger partial charge in [-0.25, -0.2) is 0 Å². The van der Waals surface area contributed by atoms with E-state index in [4.69, 9.17) is 0 Å². The molecule has 0 aromatic heterocycles. The summed E-state index contributed by atoms with van der Waals surface area (Å²) >= 11 is 0. The van der Waals surface area contributed by atoms with Crippen LogP contribution in [0.5, 0.6) is 0 Å². The van der Waals surface area contributed by atoms with Crippen LogP contribution >= 0.6 is 21.4 Å². The normalized spacial score (nSPS) is 18.1. The maximum atomic E-state index is 17.7. The molecular formula is C60H30N7O3P3. The van der Waals surface area contributed by atoms with Crippen molar-refractivity contribution in [3.63, 3.8) is 0 Å². The number of nitriles is 6. The van der Waals surface area contributed by atoms with Crippen molar-refractivity contribution in [2.75, 3.05) is 4.90 Å². The van der Waals surface area contributed by atoms with Crippen LogP contribution in [0.15, 0.2) is 182 Å². The van der Waals surface area contributed by atoms with Gasteiger partial charge in [0.1, 0.15) is 0 Å². The molecule has 0 bridgehead atoms. The van der Waals surface area contributed by atoms with Crippen LogP contribution in [0.4, 0.5) is 17.1 Å². The highest BCUT2D eigenvalue weighted by Gasteiger charge is 2.56. The van der Waals surface area contributed by atoms with Crippen molar-refractivity contribution in [3.8, 4) is 69.8 Å². The van der Waals surface area contributed by atoms with Crippen LogP contribution in [-0.2, 0) is 13.7 Å². The van der Waals surface area contributed by atoms with Crippen LogP contribution in [0.1, 0.15) is 33.4 Å². The van der Waals surface area contributed by atoms with Gasteiger partial charge in [-0.1, -0.05) is 36.4 Å². The van der Waals surface area contributed by atoms with E-state index >= 15 is 13.7 Å². The summed E-state index contributed by atoms with van der Waals surface area (Å²) in [6.07, 6.45) is 0. The van der Waals surface area contributed by atoms with Gasteiger partial charge < -0.3 is 18.6 Å². The van der Waals surface area contributed by atoms with E-state index in [1.807, 2.05) is 41.3 Å². The molecule has 338 valence electrons. The summed E-state index contributed by atoms with van der Waals surface area (Å²) in [4.78, 5) is 1.98. The standard InChI is InChI=1S/C60H30N7O3P3/c61-31-37-1-13-43(14-2-37)46-25-52-58-53(26-46)72(69,50-21-9-41(35-65)10-22-50)55-28-48(45-17-5-39(33-63)6-18-45)30-57-60(55)67(58)59-54(71(52,68)49-19-7-40(34-64)8-20-49)27-47(44-15-3-38(32-62)4-16-44)29-56(59)73(57,70)51-23-11-42(36-66)12-24-51/h1-30H. The van der Waals surface area contributed by atoms with E-state index < -0.39 is 21.4 Å². The number of nitrogens with zero attached hydrogens (tertiary/aromatic N) is 7. The number of hydrogen-bond donors (Lipinski definition) is 0.